The third kappa shape index (κ3) is 5.93. The standard InChI is InChI=1S/C10H22O5Si/c1-3-14-16(11,15-4-2)7-5-6-12-8-10-9-13-10/h10-11H,3-9H2,1-2H3. The fourth-order valence-electron chi connectivity index (χ4n) is 1.41. The predicted molar refractivity (Wildman–Crippen MR) is 61.2 cm³/mol. The maximum Gasteiger partial charge on any atom is 0.498 e. The summed E-state index contributed by atoms with van der Waals surface area (Å²) < 4.78 is 21.0. The summed E-state index contributed by atoms with van der Waals surface area (Å²) in [5, 5.41) is 0. The molecule has 16 heavy (non-hydrogen) atoms. The molecule has 0 spiro atoms. The molecule has 1 fully saturated rings. The lowest BCUT2D eigenvalue weighted by molar-refractivity contribution is 0.0928. The minimum absolute atomic E-state index is 0.301. The van der Waals surface area contributed by atoms with Crippen molar-refractivity contribution in [2.24, 2.45) is 0 Å². The third-order valence-electron chi connectivity index (χ3n) is 2.23. The van der Waals surface area contributed by atoms with Crippen molar-refractivity contribution in [3.63, 3.8) is 0 Å². The van der Waals surface area contributed by atoms with Gasteiger partial charge in [-0.15, -0.1) is 0 Å². The molecule has 0 aromatic rings. The van der Waals surface area contributed by atoms with Crippen molar-refractivity contribution >= 4 is 8.80 Å². The van der Waals surface area contributed by atoms with E-state index in [4.69, 9.17) is 18.3 Å². The molecule has 0 saturated carbocycles. The van der Waals surface area contributed by atoms with Crippen LogP contribution >= 0.6 is 0 Å². The van der Waals surface area contributed by atoms with Crippen LogP contribution in [-0.2, 0) is 18.3 Å². The van der Waals surface area contributed by atoms with Gasteiger partial charge in [-0.3, -0.25) is 0 Å². The van der Waals surface area contributed by atoms with Crippen LogP contribution in [0.25, 0.3) is 0 Å². The van der Waals surface area contributed by atoms with Gasteiger partial charge in [-0.25, -0.2) is 0 Å². The Balaban J connectivity index is 2.05. The first-order valence-corrected chi connectivity index (χ1v) is 7.87. The fourth-order valence-corrected chi connectivity index (χ4v) is 3.28. The van der Waals surface area contributed by atoms with Gasteiger partial charge >= 0.3 is 8.80 Å². The van der Waals surface area contributed by atoms with E-state index < -0.39 is 8.80 Å². The van der Waals surface area contributed by atoms with Crippen LogP contribution in [0.3, 0.4) is 0 Å². The molecule has 96 valence electrons. The zero-order chi connectivity index (χ0) is 11.9. The van der Waals surface area contributed by atoms with E-state index in [0.29, 0.717) is 38.6 Å². The highest BCUT2D eigenvalue weighted by Crippen LogP contribution is 2.13. The van der Waals surface area contributed by atoms with Crippen molar-refractivity contribution in [2.45, 2.75) is 32.4 Å². The monoisotopic (exact) mass is 250 g/mol. The van der Waals surface area contributed by atoms with Crippen molar-refractivity contribution in [3.05, 3.63) is 0 Å². The molecule has 1 saturated heterocycles. The molecular formula is C10H22O5Si. The summed E-state index contributed by atoms with van der Waals surface area (Å²) in [6, 6.07) is 0.556. The molecular weight excluding hydrogens is 228 g/mol. The molecule has 1 unspecified atom stereocenters. The minimum atomic E-state index is -2.92. The van der Waals surface area contributed by atoms with Crippen LogP contribution < -0.4 is 0 Å². The Morgan fingerprint density at radius 1 is 1.31 bits per heavy atom. The van der Waals surface area contributed by atoms with E-state index in [0.717, 1.165) is 13.0 Å². The van der Waals surface area contributed by atoms with Gasteiger partial charge in [-0.1, -0.05) is 0 Å². The van der Waals surface area contributed by atoms with Crippen molar-refractivity contribution in [1.82, 2.24) is 0 Å². The van der Waals surface area contributed by atoms with Gasteiger partial charge < -0.3 is 23.1 Å². The van der Waals surface area contributed by atoms with Crippen LogP contribution in [-0.4, -0.2) is 52.7 Å². The summed E-state index contributed by atoms with van der Waals surface area (Å²) in [6.45, 7) is 6.78. The summed E-state index contributed by atoms with van der Waals surface area (Å²) in [5.74, 6) is 0. The summed E-state index contributed by atoms with van der Waals surface area (Å²) in [5.41, 5.74) is 0. The first kappa shape index (κ1) is 14.1. The Kier molecular flexibility index (Phi) is 6.48. The van der Waals surface area contributed by atoms with Gasteiger partial charge in [0.1, 0.15) is 6.10 Å². The average molecular weight is 250 g/mol. The topological polar surface area (TPSA) is 60.5 Å². The highest BCUT2D eigenvalue weighted by molar-refractivity contribution is 6.59. The highest BCUT2D eigenvalue weighted by atomic mass is 28.4. The van der Waals surface area contributed by atoms with Crippen LogP contribution in [0.2, 0.25) is 6.04 Å². The Labute approximate surface area is 98.0 Å². The summed E-state index contributed by atoms with van der Waals surface area (Å²) >= 11 is 0. The number of epoxide rings is 1. The SMILES string of the molecule is CCO[Si](O)(CCCOCC1CO1)OCC. The predicted octanol–water partition coefficient (Wildman–Crippen LogP) is 0.796. The molecule has 1 heterocycles. The van der Waals surface area contributed by atoms with Crippen molar-refractivity contribution in [2.75, 3.05) is 33.0 Å². The Hall–Kier alpha value is 0.0169. The molecule has 1 rings (SSSR count). The zero-order valence-corrected chi connectivity index (χ0v) is 11.1. The molecule has 1 N–H and O–H groups in total. The van der Waals surface area contributed by atoms with Crippen molar-refractivity contribution in [3.8, 4) is 0 Å². The molecule has 0 radical (unpaired) electrons. The van der Waals surface area contributed by atoms with E-state index >= 15 is 0 Å². The summed E-state index contributed by atoms with van der Waals surface area (Å²) in [4.78, 5) is 10.0. The third-order valence-corrected chi connectivity index (χ3v) is 4.69. The van der Waals surface area contributed by atoms with Crippen molar-refractivity contribution < 1.29 is 23.1 Å². The molecule has 6 heteroatoms. The lowest BCUT2D eigenvalue weighted by atomic mass is 10.5. The first-order valence-electron chi connectivity index (χ1n) is 5.90. The maximum absolute atomic E-state index is 10.0. The Morgan fingerprint density at radius 2 is 1.94 bits per heavy atom. The van der Waals surface area contributed by atoms with Gasteiger partial charge in [0.15, 0.2) is 0 Å². The second-order valence-corrected chi connectivity index (χ2v) is 6.22. The zero-order valence-electron chi connectivity index (χ0n) is 10.1. The van der Waals surface area contributed by atoms with Gasteiger partial charge in [0.05, 0.1) is 13.2 Å². The lowest BCUT2D eigenvalue weighted by Gasteiger charge is -2.22. The smallest absolute Gasteiger partial charge is 0.390 e. The number of hydrogen-bond acceptors (Lipinski definition) is 5. The van der Waals surface area contributed by atoms with Gasteiger partial charge in [-0.05, 0) is 20.3 Å². The van der Waals surface area contributed by atoms with E-state index in [-0.39, 0.29) is 0 Å². The Morgan fingerprint density at radius 3 is 2.44 bits per heavy atom. The molecule has 0 amide bonds. The van der Waals surface area contributed by atoms with Crippen LogP contribution in [0.4, 0.5) is 0 Å². The first-order chi connectivity index (χ1) is 7.70. The van der Waals surface area contributed by atoms with E-state index in [1.807, 2.05) is 13.8 Å². The molecule has 0 aliphatic carbocycles. The number of hydrogen-bond donors (Lipinski definition) is 1. The Bertz CT molecular complexity index is 180. The van der Waals surface area contributed by atoms with E-state index in [1.54, 1.807) is 0 Å². The molecule has 1 aliphatic heterocycles. The lowest BCUT2D eigenvalue weighted by Crippen LogP contribution is -2.42. The second-order valence-electron chi connectivity index (χ2n) is 3.71. The van der Waals surface area contributed by atoms with E-state index in [2.05, 4.69) is 0 Å². The van der Waals surface area contributed by atoms with Crippen LogP contribution in [0.15, 0.2) is 0 Å². The molecule has 1 atom stereocenters. The van der Waals surface area contributed by atoms with E-state index in [1.165, 1.54) is 0 Å². The molecule has 0 aromatic heterocycles. The number of ether oxygens (including phenoxy) is 2. The minimum Gasteiger partial charge on any atom is -0.390 e. The van der Waals surface area contributed by atoms with Crippen molar-refractivity contribution in [1.29, 1.82) is 0 Å². The quantitative estimate of drug-likeness (QED) is 0.353. The van der Waals surface area contributed by atoms with Gasteiger partial charge in [-0.2, -0.15) is 0 Å². The van der Waals surface area contributed by atoms with Crippen LogP contribution in [0, 0.1) is 0 Å². The molecule has 0 aromatic carbocycles. The van der Waals surface area contributed by atoms with Crippen LogP contribution in [0.5, 0.6) is 0 Å². The molecule has 1 aliphatic rings. The van der Waals surface area contributed by atoms with E-state index in [9.17, 15) is 4.80 Å². The second kappa shape index (κ2) is 7.36. The fraction of sp³-hybridized carbons (Fsp3) is 1.00. The summed E-state index contributed by atoms with van der Waals surface area (Å²) in [6.07, 6.45) is 1.06. The van der Waals surface area contributed by atoms with Gasteiger partial charge in [0.2, 0.25) is 0 Å². The highest BCUT2D eigenvalue weighted by Gasteiger charge is 2.35. The van der Waals surface area contributed by atoms with Crippen LogP contribution in [0.1, 0.15) is 20.3 Å². The van der Waals surface area contributed by atoms with Gasteiger partial charge in [0, 0.05) is 25.9 Å². The maximum atomic E-state index is 10.0. The number of rotatable bonds is 10. The molecule has 0 bridgehead atoms. The summed E-state index contributed by atoms with van der Waals surface area (Å²) in [7, 11) is -2.92. The molecule has 5 nitrogen and oxygen atoms in total. The normalized spacial score (nSPS) is 20.1. The largest absolute Gasteiger partial charge is 0.498 e. The van der Waals surface area contributed by atoms with Gasteiger partial charge in [0.25, 0.3) is 0 Å². The average Bonchev–Trinajstić information content (AvgIpc) is 3.02.